The van der Waals surface area contributed by atoms with Crippen LogP contribution in [0.4, 0.5) is 11.4 Å². The van der Waals surface area contributed by atoms with Crippen LogP contribution in [0.2, 0.25) is 10.0 Å². The summed E-state index contributed by atoms with van der Waals surface area (Å²) in [6.07, 6.45) is 1.66. The molecule has 1 saturated heterocycles. The lowest BCUT2D eigenvalue weighted by molar-refractivity contribution is -0.139. The summed E-state index contributed by atoms with van der Waals surface area (Å²) in [4.78, 5) is 30.9. The molecule has 1 fully saturated rings. The van der Waals surface area contributed by atoms with Crippen LogP contribution in [0.15, 0.2) is 82.7 Å². The molecule has 0 aromatic heterocycles. The van der Waals surface area contributed by atoms with Gasteiger partial charge in [0.25, 0.3) is 5.91 Å². The number of benzene rings is 3. The van der Waals surface area contributed by atoms with Crippen molar-refractivity contribution < 1.29 is 19.4 Å². The SMILES string of the molecule is O=C(O)COc1ccccc1/C=C1\SC(=Nc2ccc(Cl)cc2)N(c2ccc(Cl)cc2)C1=O. The van der Waals surface area contributed by atoms with Gasteiger partial charge in [-0.25, -0.2) is 9.79 Å². The zero-order chi connectivity index (χ0) is 23.4. The van der Waals surface area contributed by atoms with Crippen LogP contribution >= 0.6 is 35.0 Å². The number of nitrogens with zero attached hydrogens (tertiary/aromatic N) is 2. The van der Waals surface area contributed by atoms with Gasteiger partial charge in [0.15, 0.2) is 11.8 Å². The fourth-order valence-electron chi connectivity index (χ4n) is 3.00. The average Bonchev–Trinajstić information content (AvgIpc) is 3.10. The number of rotatable bonds is 6. The smallest absolute Gasteiger partial charge is 0.341 e. The van der Waals surface area contributed by atoms with Crippen LogP contribution in [0.25, 0.3) is 6.08 Å². The highest BCUT2D eigenvalue weighted by Gasteiger charge is 2.35. The van der Waals surface area contributed by atoms with Gasteiger partial charge in [-0.2, -0.15) is 0 Å². The highest BCUT2D eigenvalue weighted by molar-refractivity contribution is 8.19. The average molecular weight is 499 g/mol. The Morgan fingerprint density at radius 1 is 1.00 bits per heavy atom. The summed E-state index contributed by atoms with van der Waals surface area (Å²) < 4.78 is 5.37. The summed E-state index contributed by atoms with van der Waals surface area (Å²) in [5.74, 6) is -1.000. The van der Waals surface area contributed by atoms with E-state index in [-0.39, 0.29) is 5.91 Å². The number of carboxylic acids is 1. The molecule has 3 aromatic rings. The largest absolute Gasteiger partial charge is 0.481 e. The predicted octanol–water partition coefficient (Wildman–Crippen LogP) is 6.27. The molecular weight excluding hydrogens is 483 g/mol. The second kappa shape index (κ2) is 10.1. The zero-order valence-corrected chi connectivity index (χ0v) is 19.3. The van der Waals surface area contributed by atoms with Gasteiger partial charge in [0.05, 0.1) is 16.3 Å². The number of carbonyl (C=O) groups is 2. The minimum Gasteiger partial charge on any atom is -0.481 e. The Hall–Kier alpha value is -3.26. The molecule has 0 aliphatic carbocycles. The zero-order valence-electron chi connectivity index (χ0n) is 16.9. The van der Waals surface area contributed by atoms with Gasteiger partial charge >= 0.3 is 5.97 Å². The number of amides is 1. The normalized spacial score (nSPS) is 15.9. The fraction of sp³-hybridized carbons (Fsp3) is 0.0417. The van der Waals surface area contributed by atoms with Crippen LogP contribution in [0.3, 0.4) is 0 Å². The number of ether oxygens (including phenoxy) is 1. The first-order valence-electron chi connectivity index (χ1n) is 9.68. The van der Waals surface area contributed by atoms with Gasteiger partial charge < -0.3 is 9.84 Å². The Morgan fingerprint density at radius 3 is 2.30 bits per heavy atom. The third-order valence-electron chi connectivity index (χ3n) is 4.50. The molecule has 0 radical (unpaired) electrons. The van der Waals surface area contributed by atoms with E-state index in [1.165, 1.54) is 16.7 Å². The van der Waals surface area contributed by atoms with E-state index in [4.69, 9.17) is 33.0 Å². The highest BCUT2D eigenvalue weighted by atomic mass is 35.5. The molecule has 0 spiro atoms. The van der Waals surface area contributed by atoms with E-state index in [2.05, 4.69) is 4.99 Å². The van der Waals surface area contributed by atoms with Gasteiger partial charge in [-0.05, 0) is 72.4 Å². The molecule has 6 nitrogen and oxygen atoms in total. The van der Waals surface area contributed by atoms with Crippen molar-refractivity contribution in [2.24, 2.45) is 4.99 Å². The van der Waals surface area contributed by atoms with Gasteiger partial charge in [-0.1, -0.05) is 41.4 Å². The lowest BCUT2D eigenvalue weighted by atomic mass is 10.2. The predicted molar refractivity (Wildman–Crippen MR) is 133 cm³/mol. The molecule has 166 valence electrons. The number of aliphatic carboxylic acids is 1. The molecule has 1 N–H and O–H groups in total. The number of hydrogen-bond donors (Lipinski definition) is 1. The van der Waals surface area contributed by atoms with Gasteiger partial charge in [0.2, 0.25) is 0 Å². The summed E-state index contributed by atoms with van der Waals surface area (Å²) in [6.45, 7) is -0.485. The molecule has 1 amide bonds. The maximum Gasteiger partial charge on any atom is 0.341 e. The minimum absolute atomic E-state index is 0.275. The van der Waals surface area contributed by atoms with Gasteiger partial charge in [0.1, 0.15) is 5.75 Å². The van der Waals surface area contributed by atoms with E-state index in [9.17, 15) is 9.59 Å². The monoisotopic (exact) mass is 498 g/mol. The van der Waals surface area contributed by atoms with Crippen LogP contribution in [-0.2, 0) is 9.59 Å². The van der Waals surface area contributed by atoms with Crippen LogP contribution < -0.4 is 9.64 Å². The quantitative estimate of drug-likeness (QED) is 0.405. The van der Waals surface area contributed by atoms with Crippen molar-refractivity contribution >= 4 is 69.5 Å². The Kier molecular flexibility index (Phi) is 7.03. The Bertz CT molecular complexity index is 1260. The van der Waals surface area contributed by atoms with E-state index in [0.29, 0.717) is 42.8 Å². The molecule has 3 aromatic carbocycles. The fourth-order valence-corrected chi connectivity index (χ4v) is 4.25. The second-order valence-electron chi connectivity index (χ2n) is 6.82. The molecule has 4 rings (SSSR count). The molecule has 0 bridgehead atoms. The van der Waals surface area contributed by atoms with E-state index in [1.807, 2.05) is 0 Å². The van der Waals surface area contributed by atoms with E-state index in [1.54, 1.807) is 78.9 Å². The second-order valence-corrected chi connectivity index (χ2v) is 8.70. The number of anilines is 1. The summed E-state index contributed by atoms with van der Waals surface area (Å²) in [7, 11) is 0. The Morgan fingerprint density at radius 2 is 1.64 bits per heavy atom. The molecule has 9 heteroatoms. The van der Waals surface area contributed by atoms with Crippen molar-refractivity contribution in [3.8, 4) is 5.75 Å². The van der Waals surface area contributed by atoms with E-state index < -0.39 is 12.6 Å². The van der Waals surface area contributed by atoms with Crippen LogP contribution in [0.1, 0.15) is 5.56 Å². The number of thioether (sulfide) groups is 1. The van der Waals surface area contributed by atoms with Crippen molar-refractivity contribution in [2.75, 3.05) is 11.5 Å². The van der Waals surface area contributed by atoms with E-state index >= 15 is 0 Å². The maximum absolute atomic E-state index is 13.4. The van der Waals surface area contributed by atoms with Crippen LogP contribution in [0, 0.1) is 0 Å². The number of carboxylic acid groups (broad SMARTS) is 1. The molecule has 1 heterocycles. The number of aliphatic imine (C=N–C) groups is 1. The number of carbonyl (C=O) groups excluding carboxylic acids is 1. The Labute approximate surface area is 204 Å². The van der Waals surface area contributed by atoms with Crippen molar-refractivity contribution in [3.05, 3.63) is 93.3 Å². The van der Waals surface area contributed by atoms with Gasteiger partial charge in [-0.3, -0.25) is 9.69 Å². The van der Waals surface area contributed by atoms with Crippen molar-refractivity contribution in [1.82, 2.24) is 0 Å². The first kappa shape index (κ1) is 22.9. The molecule has 0 saturated carbocycles. The minimum atomic E-state index is -1.09. The molecule has 33 heavy (non-hydrogen) atoms. The standard InChI is InChI=1S/C24H16Cl2N2O4S/c25-16-5-9-18(10-6-16)27-24-28(19-11-7-17(26)8-12-19)23(31)21(33-24)13-15-3-1-2-4-20(15)32-14-22(29)30/h1-13H,14H2,(H,29,30)/b21-13-,27-24?. The maximum atomic E-state index is 13.4. The third kappa shape index (κ3) is 5.57. The lowest BCUT2D eigenvalue weighted by Gasteiger charge is -2.15. The summed E-state index contributed by atoms with van der Waals surface area (Å²) >= 11 is 13.2. The summed E-state index contributed by atoms with van der Waals surface area (Å²) in [5.41, 5.74) is 1.84. The van der Waals surface area contributed by atoms with Crippen molar-refractivity contribution in [1.29, 1.82) is 0 Å². The van der Waals surface area contributed by atoms with Crippen LogP contribution in [0.5, 0.6) is 5.75 Å². The third-order valence-corrected chi connectivity index (χ3v) is 5.97. The summed E-state index contributed by atoms with van der Waals surface area (Å²) in [6, 6.07) is 20.8. The number of halogens is 2. The first-order valence-corrected chi connectivity index (χ1v) is 11.3. The topological polar surface area (TPSA) is 79.2 Å². The number of para-hydroxylation sites is 1. The Balaban J connectivity index is 1.74. The molecule has 0 atom stereocenters. The molecule has 1 aliphatic heterocycles. The number of hydrogen-bond acceptors (Lipinski definition) is 5. The lowest BCUT2D eigenvalue weighted by Crippen LogP contribution is -2.28. The van der Waals surface area contributed by atoms with Crippen molar-refractivity contribution in [2.45, 2.75) is 0 Å². The highest BCUT2D eigenvalue weighted by Crippen LogP contribution is 2.38. The van der Waals surface area contributed by atoms with Gasteiger partial charge in [0, 0.05) is 15.6 Å². The van der Waals surface area contributed by atoms with E-state index in [0.717, 1.165) is 0 Å². The molecular formula is C24H16Cl2N2O4S. The van der Waals surface area contributed by atoms with Crippen molar-refractivity contribution in [3.63, 3.8) is 0 Å². The molecule has 1 aliphatic rings. The molecule has 0 unspecified atom stereocenters. The van der Waals surface area contributed by atoms with Crippen LogP contribution in [-0.4, -0.2) is 28.8 Å². The van der Waals surface area contributed by atoms with Gasteiger partial charge in [-0.15, -0.1) is 0 Å². The summed E-state index contributed by atoms with van der Waals surface area (Å²) in [5, 5.41) is 10.5. The first-order chi connectivity index (χ1) is 15.9. The number of amidine groups is 1.